The van der Waals surface area contributed by atoms with Crippen LogP contribution in [0.15, 0.2) is 29.3 Å². The Kier molecular flexibility index (Phi) is 7.30. The molecular weight excluding hydrogens is 330 g/mol. The van der Waals surface area contributed by atoms with Crippen molar-refractivity contribution in [2.75, 3.05) is 40.9 Å². The summed E-state index contributed by atoms with van der Waals surface area (Å²) in [5, 5.41) is 3.43. The molecule has 0 spiro atoms. The van der Waals surface area contributed by atoms with Gasteiger partial charge in [-0.25, -0.2) is 0 Å². The lowest BCUT2D eigenvalue weighted by Gasteiger charge is -2.22. The van der Waals surface area contributed by atoms with Crippen LogP contribution in [0.3, 0.4) is 0 Å². The van der Waals surface area contributed by atoms with E-state index in [9.17, 15) is 4.79 Å². The van der Waals surface area contributed by atoms with E-state index in [2.05, 4.69) is 41.2 Å². The van der Waals surface area contributed by atoms with Gasteiger partial charge in [0.25, 0.3) is 0 Å². The minimum atomic E-state index is -0.136. The standard InChI is InChI=1S/C20H31N3O3/c1-14(16-6-8-17(25-4)9-7-16)10-11-22-20(21-3)23-12-15(2)18(13-23)19(24)26-5/h6-9,14-15,18H,10-13H2,1-5H3,(H,21,22). The van der Waals surface area contributed by atoms with Crippen LogP contribution in [0.25, 0.3) is 0 Å². The number of nitrogens with one attached hydrogen (secondary N) is 1. The zero-order valence-corrected chi connectivity index (χ0v) is 16.5. The first-order valence-electron chi connectivity index (χ1n) is 9.17. The highest BCUT2D eigenvalue weighted by Gasteiger charge is 2.36. The molecule has 0 saturated carbocycles. The molecule has 6 heteroatoms. The zero-order chi connectivity index (χ0) is 19.1. The maximum absolute atomic E-state index is 11.9. The normalized spacial score (nSPS) is 21.4. The summed E-state index contributed by atoms with van der Waals surface area (Å²) in [7, 11) is 4.91. The topological polar surface area (TPSA) is 63.2 Å². The highest BCUT2D eigenvalue weighted by atomic mass is 16.5. The number of hydrogen-bond donors (Lipinski definition) is 1. The quantitative estimate of drug-likeness (QED) is 0.479. The maximum atomic E-state index is 11.9. The van der Waals surface area contributed by atoms with Crippen molar-refractivity contribution in [2.45, 2.75) is 26.2 Å². The van der Waals surface area contributed by atoms with E-state index in [0.717, 1.165) is 31.2 Å². The van der Waals surface area contributed by atoms with Gasteiger partial charge in [-0.1, -0.05) is 26.0 Å². The molecular formula is C20H31N3O3. The molecule has 1 fully saturated rings. The highest BCUT2D eigenvalue weighted by molar-refractivity contribution is 5.82. The number of nitrogens with zero attached hydrogens (tertiary/aromatic N) is 2. The molecule has 1 aliphatic rings. The number of benzene rings is 1. The summed E-state index contributed by atoms with van der Waals surface area (Å²) in [5.41, 5.74) is 1.29. The number of carbonyl (C=O) groups excluding carboxylic acids is 1. The summed E-state index contributed by atoms with van der Waals surface area (Å²) >= 11 is 0. The van der Waals surface area contributed by atoms with Gasteiger partial charge in [-0.15, -0.1) is 0 Å². The SMILES string of the molecule is CN=C(NCCC(C)c1ccc(OC)cc1)N1CC(C)C(C(=O)OC)C1. The van der Waals surface area contributed by atoms with Gasteiger partial charge in [-0.2, -0.15) is 0 Å². The molecule has 0 radical (unpaired) electrons. The van der Waals surface area contributed by atoms with Gasteiger partial charge in [0.15, 0.2) is 5.96 Å². The minimum absolute atomic E-state index is 0.0863. The Hall–Kier alpha value is -2.24. The lowest BCUT2D eigenvalue weighted by atomic mass is 9.98. The van der Waals surface area contributed by atoms with Crippen LogP contribution in [0.1, 0.15) is 31.7 Å². The molecule has 1 heterocycles. The number of guanidine groups is 1. The lowest BCUT2D eigenvalue weighted by molar-refractivity contribution is -0.145. The van der Waals surface area contributed by atoms with Crippen molar-refractivity contribution in [1.82, 2.24) is 10.2 Å². The molecule has 0 amide bonds. The number of aliphatic imine (C=N–C) groups is 1. The Morgan fingerprint density at radius 1 is 1.31 bits per heavy atom. The summed E-state index contributed by atoms with van der Waals surface area (Å²) in [6.07, 6.45) is 0.995. The van der Waals surface area contributed by atoms with Gasteiger partial charge in [0.1, 0.15) is 5.75 Å². The Morgan fingerprint density at radius 3 is 2.58 bits per heavy atom. The molecule has 1 saturated heterocycles. The average Bonchev–Trinajstić information content (AvgIpc) is 3.05. The fraction of sp³-hybridized carbons (Fsp3) is 0.600. The van der Waals surface area contributed by atoms with E-state index in [0.29, 0.717) is 12.5 Å². The predicted molar refractivity (Wildman–Crippen MR) is 104 cm³/mol. The Balaban J connectivity index is 1.84. The van der Waals surface area contributed by atoms with Gasteiger partial charge >= 0.3 is 5.97 Å². The smallest absolute Gasteiger partial charge is 0.310 e. The van der Waals surface area contributed by atoms with E-state index < -0.39 is 0 Å². The van der Waals surface area contributed by atoms with Crippen LogP contribution in [0.5, 0.6) is 5.75 Å². The third kappa shape index (κ3) is 4.90. The number of rotatable bonds is 6. The van der Waals surface area contributed by atoms with Crippen molar-refractivity contribution >= 4 is 11.9 Å². The molecule has 2 rings (SSSR count). The first-order valence-corrected chi connectivity index (χ1v) is 9.17. The molecule has 0 aliphatic carbocycles. The predicted octanol–water partition coefficient (Wildman–Crippen LogP) is 2.51. The lowest BCUT2D eigenvalue weighted by Crippen LogP contribution is -2.41. The van der Waals surface area contributed by atoms with Crippen LogP contribution < -0.4 is 10.1 Å². The molecule has 1 aromatic carbocycles. The third-order valence-electron chi connectivity index (χ3n) is 5.17. The van der Waals surface area contributed by atoms with Crippen LogP contribution in [-0.2, 0) is 9.53 Å². The van der Waals surface area contributed by atoms with Gasteiger partial charge in [-0.3, -0.25) is 9.79 Å². The molecule has 1 aromatic rings. The molecule has 26 heavy (non-hydrogen) atoms. The van der Waals surface area contributed by atoms with Crippen molar-refractivity contribution < 1.29 is 14.3 Å². The van der Waals surface area contributed by atoms with Crippen molar-refractivity contribution in [3.63, 3.8) is 0 Å². The number of carbonyl (C=O) groups is 1. The number of hydrogen-bond acceptors (Lipinski definition) is 4. The largest absolute Gasteiger partial charge is 0.497 e. The molecule has 6 nitrogen and oxygen atoms in total. The van der Waals surface area contributed by atoms with Crippen LogP contribution in [0.2, 0.25) is 0 Å². The first kappa shape index (κ1) is 20.1. The van der Waals surface area contributed by atoms with Crippen LogP contribution >= 0.6 is 0 Å². The van der Waals surface area contributed by atoms with E-state index in [-0.39, 0.29) is 17.8 Å². The zero-order valence-electron chi connectivity index (χ0n) is 16.5. The van der Waals surface area contributed by atoms with E-state index in [1.165, 1.54) is 12.7 Å². The van der Waals surface area contributed by atoms with Crippen LogP contribution in [0, 0.1) is 11.8 Å². The van der Waals surface area contributed by atoms with E-state index in [1.807, 2.05) is 12.1 Å². The van der Waals surface area contributed by atoms with E-state index in [1.54, 1.807) is 14.2 Å². The van der Waals surface area contributed by atoms with Gasteiger partial charge in [-0.05, 0) is 36.0 Å². The summed E-state index contributed by atoms with van der Waals surface area (Å²) < 4.78 is 10.1. The molecule has 3 atom stereocenters. The highest BCUT2D eigenvalue weighted by Crippen LogP contribution is 2.24. The Labute approximate surface area is 156 Å². The monoisotopic (exact) mass is 361 g/mol. The molecule has 0 aromatic heterocycles. The fourth-order valence-electron chi connectivity index (χ4n) is 3.43. The number of methoxy groups -OCH3 is 2. The van der Waals surface area contributed by atoms with Gasteiger partial charge in [0.2, 0.25) is 0 Å². The third-order valence-corrected chi connectivity index (χ3v) is 5.17. The number of esters is 1. The summed E-state index contributed by atoms with van der Waals surface area (Å²) in [5.74, 6) is 2.21. The van der Waals surface area contributed by atoms with Gasteiger partial charge in [0, 0.05) is 26.7 Å². The van der Waals surface area contributed by atoms with E-state index in [4.69, 9.17) is 9.47 Å². The summed E-state index contributed by atoms with van der Waals surface area (Å²) in [6.45, 7) is 6.60. The second kappa shape index (κ2) is 9.46. The molecule has 0 bridgehead atoms. The van der Waals surface area contributed by atoms with Gasteiger partial charge < -0.3 is 19.7 Å². The van der Waals surface area contributed by atoms with Crippen LogP contribution in [0.4, 0.5) is 0 Å². The maximum Gasteiger partial charge on any atom is 0.310 e. The van der Waals surface area contributed by atoms with Gasteiger partial charge in [0.05, 0.1) is 20.1 Å². The summed E-state index contributed by atoms with van der Waals surface area (Å²) in [6, 6.07) is 8.22. The molecule has 1 aliphatic heterocycles. The summed E-state index contributed by atoms with van der Waals surface area (Å²) in [4.78, 5) is 18.4. The first-order chi connectivity index (χ1) is 12.5. The van der Waals surface area contributed by atoms with Crippen molar-refractivity contribution in [3.05, 3.63) is 29.8 Å². The Morgan fingerprint density at radius 2 is 2.00 bits per heavy atom. The number of ether oxygens (including phenoxy) is 2. The van der Waals surface area contributed by atoms with Crippen molar-refractivity contribution in [3.8, 4) is 5.75 Å². The van der Waals surface area contributed by atoms with Crippen LogP contribution in [-0.4, -0.2) is 57.7 Å². The fourth-order valence-corrected chi connectivity index (χ4v) is 3.43. The van der Waals surface area contributed by atoms with E-state index >= 15 is 0 Å². The Bertz CT molecular complexity index is 615. The van der Waals surface area contributed by atoms with Crippen molar-refractivity contribution in [2.24, 2.45) is 16.8 Å². The minimum Gasteiger partial charge on any atom is -0.497 e. The molecule has 3 unspecified atom stereocenters. The second-order valence-electron chi connectivity index (χ2n) is 6.95. The molecule has 144 valence electrons. The second-order valence-corrected chi connectivity index (χ2v) is 6.95. The number of likely N-dealkylation sites (tertiary alicyclic amines) is 1. The average molecular weight is 361 g/mol. The van der Waals surface area contributed by atoms with Crippen molar-refractivity contribution in [1.29, 1.82) is 0 Å². The molecule has 1 N–H and O–H groups in total.